The van der Waals surface area contributed by atoms with E-state index in [2.05, 4.69) is 35.1 Å². The Morgan fingerprint density at radius 3 is 2.50 bits per heavy atom. The fourth-order valence-corrected chi connectivity index (χ4v) is 3.93. The predicted molar refractivity (Wildman–Crippen MR) is 76.7 cm³/mol. The lowest BCUT2D eigenvalue weighted by Gasteiger charge is -2.21. The van der Waals surface area contributed by atoms with Gasteiger partial charge in [0.15, 0.2) is 11.5 Å². The highest BCUT2D eigenvalue weighted by Crippen LogP contribution is 2.54. The number of fused-ring (bicyclic) bond motifs is 1. The quantitative estimate of drug-likeness (QED) is 0.927. The summed E-state index contributed by atoms with van der Waals surface area (Å²) in [6.45, 7) is 4.53. The molecule has 1 aromatic carbocycles. The number of nitrogens with one attached hydrogen (secondary N) is 1. The number of benzene rings is 1. The Bertz CT molecular complexity index is 471. The third-order valence-electron chi connectivity index (χ3n) is 3.75. The van der Waals surface area contributed by atoms with Gasteiger partial charge in [-0.25, -0.2) is 0 Å². The number of hydrogen-bond donors (Lipinski definition) is 1. The van der Waals surface area contributed by atoms with Gasteiger partial charge in [0.25, 0.3) is 0 Å². The first-order valence-corrected chi connectivity index (χ1v) is 6.87. The first-order valence-electron chi connectivity index (χ1n) is 6.08. The monoisotopic (exact) mass is 313 g/mol. The second kappa shape index (κ2) is 4.74. The summed E-state index contributed by atoms with van der Waals surface area (Å²) in [4.78, 5) is 0. The molecule has 2 rings (SSSR count). The van der Waals surface area contributed by atoms with Crippen LogP contribution in [-0.4, -0.2) is 21.3 Å². The molecule has 100 valence electrons. The van der Waals surface area contributed by atoms with Gasteiger partial charge in [-0.1, -0.05) is 29.8 Å². The van der Waals surface area contributed by atoms with E-state index in [1.54, 1.807) is 14.2 Å². The fourth-order valence-electron chi connectivity index (χ4n) is 2.97. The van der Waals surface area contributed by atoms with Crippen LogP contribution in [0.2, 0.25) is 0 Å². The van der Waals surface area contributed by atoms with Gasteiger partial charge < -0.3 is 14.8 Å². The van der Waals surface area contributed by atoms with E-state index < -0.39 is 0 Å². The molecule has 0 spiro atoms. The van der Waals surface area contributed by atoms with E-state index in [0.717, 1.165) is 22.4 Å². The number of rotatable bonds is 3. The van der Waals surface area contributed by atoms with Gasteiger partial charge in [0.05, 0.1) is 14.2 Å². The lowest BCUT2D eigenvalue weighted by atomic mass is 9.86. The summed E-state index contributed by atoms with van der Waals surface area (Å²) in [6, 6.07) is 2.30. The van der Waals surface area contributed by atoms with Crippen LogP contribution in [0.25, 0.3) is 0 Å². The van der Waals surface area contributed by atoms with Crippen LogP contribution in [0, 0.1) is 0 Å². The van der Waals surface area contributed by atoms with Gasteiger partial charge in [0.1, 0.15) is 0 Å². The Hall–Kier alpha value is -0.740. The molecule has 0 saturated carbocycles. The van der Waals surface area contributed by atoms with Crippen LogP contribution in [0.5, 0.6) is 11.5 Å². The molecule has 18 heavy (non-hydrogen) atoms. The van der Waals surface area contributed by atoms with Crippen molar-refractivity contribution >= 4 is 15.9 Å². The zero-order chi connectivity index (χ0) is 13.5. The fraction of sp³-hybridized carbons (Fsp3) is 0.571. The van der Waals surface area contributed by atoms with E-state index in [1.165, 1.54) is 11.1 Å². The summed E-state index contributed by atoms with van der Waals surface area (Å²) in [5, 5.41) is 3.37. The highest BCUT2D eigenvalue weighted by Gasteiger charge is 2.41. The molecule has 1 aromatic rings. The van der Waals surface area contributed by atoms with E-state index in [1.807, 2.05) is 13.1 Å². The molecule has 0 bridgehead atoms. The standard InChI is InChI=1S/C14H20BrNO2/c1-14(2)7-9(16-3)11-12(14)8(15)6-10(17-4)13(11)18-5/h6,9,16H,7H2,1-5H3. The molecule has 4 heteroatoms. The second-order valence-corrected chi connectivity index (χ2v) is 6.17. The van der Waals surface area contributed by atoms with Crippen LogP contribution in [-0.2, 0) is 5.41 Å². The van der Waals surface area contributed by atoms with Gasteiger partial charge >= 0.3 is 0 Å². The third-order valence-corrected chi connectivity index (χ3v) is 4.37. The largest absolute Gasteiger partial charge is 0.493 e. The number of hydrogen-bond acceptors (Lipinski definition) is 3. The highest BCUT2D eigenvalue weighted by molar-refractivity contribution is 9.10. The smallest absolute Gasteiger partial charge is 0.165 e. The molecule has 0 radical (unpaired) electrons. The lowest BCUT2D eigenvalue weighted by molar-refractivity contribution is 0.348. The van der Waals surface area contributed by atoms with Crippen molar-refractivity contribution in [2.24, 2.45) is 0 Å². The van der Waals surface area contributed by atoms with Crippen molar-refractivity contribution in [1.82, 2.24) is 5.32 Å². The molecule has 0 amide bonds. The van der Waals surface area contributed by atoms with E-state index in [4.69, 9.17) is 9.47 Å². The van der Waals surface area contributed by atoms with Crippen LogP contribution in [0.4, 0.5) is 0 Å². The van der Waals surface area contributed by atoms with Crippen molar-refractivity contribution in [2.45, 2.75) is 31.7 Å². The summed E-state index contributed by atoms with van der Waals surface area (Å²) in [5.41, 5.74) is 2.66. The summed E-state index contributed by atoms with van der Waals surface area (Å²) in [5.74, 6) is 1.63. The molecule has 1 aliphatic carbocycles. The van der Waals surface area contributed by atoms with Gasteiger partial charge in [0.2, 0.25) is 0 Å². The van der Waals surface area contributed by atoms with E-state index >= 15 is 0 Å². The maximum atomic E-state index is 5.57. The van der Waals surface area contributed by atoms with E-state index in [0.29, 0.717) is 6.04 Å². The topological polar surface area (TPSA) is 30.5 Å². The molecule has 0 saturated heterocycles. The summed E-state index contributed by atoms with van der Waals surface area (Å²) >= 11 is 3.67. The average molecular weight is 314 g/mol. The SMILES string of the molecule is CNC1CC(C)(C)c2c(Br)cc(OC)c(OC)c21. The molecular formula is C14H20BrNO2. The molecule has 3 nitrogen and oxygen atoms in total. The van der Waals surface area contributed by atoms with Crippen molar-refractivity contribution < 1.29 is 9.47 Å². The van der Waals surface area contributed by atoms with Gasteiger partial charge in [-0.3, -0.25) is 0 Å². The zero-order valence-electron chi connectivity index (χ0n) is 11.6. The average Bonchev–Trinajstić information content (AvgIpc) is 2.61. The number of halogens is 1. The van der Waals surface area contributed by atoms with Crippen molar-refractivity contribution in [3.63, 3.8) is 0 Å². The first-order chi connectivity index (χ1) is 8.46. The Morgan fingerprint density at radius 1 is 1.33 bits per heavy atom. The van der Waals surface area contributed by atoms with Crippen LogP contribution < -0.4 is 14.8 Å². The van der Waals surface area contributed by atoms with Crippen molar-refractivity contribution in [1.29, 1.82) is 0 Å². The lowest BCUT2D eigenvalue weighted by Crippen LogP contribution is -2.17. The molecule has 0 heterocycles. The molecule has 1 unspecified atom stereocenters. The maximum absolute atomic E-state index is 5.57. The van der Waals surface area contributed by atoms with Crippen molar-refractivity contribution in [3.05, 3.63) is 21.7 Å². The predicted octanol–water partition coefficient (Wildman–Crippen LogP) is 3.41. The van der Waals surface area contributed by atoms with Crippen LogP contribution in [0.15, 0.2) is 10.5 Å². The Morgan fingerprint density at radius 2 is 2.00 bits per heavy atom. The van der Waals surface area contributed by atoms with Crippen LogP contribution >= 0.6 is 15.9 Å². The summed E-state index contributed by atoms with van der Waals surface area (Å²) in [6.07, 6.45) is 1.06. The van der Waals surface area contributed by atoms with E-state index in [-0.39, 0.29) is 5.41 Å². The number of methoxy groups -OCH3 is 2. The second-order valence-electron chi connectivity index (χ2n) is 5.31. The molecular weight excluding hydrogens is 294 g/mol. The first kappa shape index (κ1) is 13.7. The molecule has 1 aliphatic rings. The molecule has 1 N–H and O–H groups in total. The van der Waals surface area contributed by atoms with Crippen LogP contribution in [0.3, 0.4) is 0 Å². The minimum Gasteiger partial charge on any atom is -0.493 e. The summed E-state index contributed by atoms with van der Waals surface area (Å²) < 4.78 is 12.1. The van der Waals surface area contributed by atoms with Gasteiger partial charge in [-0.05, 0) is 30.5 Å². The highest BCUT2D eigenvalue weighted by atomic mass is 79.9. The molecule has 0 aromatic heterocycles. The van der Waals surface area contributed by atoms with Crippen LogP contribution in [0.1, 0.15) is 37.4 Å². The van der Waals surface area contributed by atoms with Crippen molar-refractivity contribution in [3.8, 4) is 11.5 Å². The molecule has 0 aliphatic heterocycles. The zero-order valence-corrected chi connectivity index (χ0v) is 13.1. The molecule has 1 atom stereocenters. The Labute approximate surface area is 117 Å². The third kappa shape index (κ3) is 1.91. The minimum atomic E-state index is 0.126. The summed E-state index contributed by atoms with van der Waals surface area (Å²) in [7, 11) is 5.36. The van der Waals surface area contributed by atoms with E-state index in [9.17, 15) is 0 Å². The molecule has 0 fully saturated rings. The maximum Gasteiger partial charge on any atom is 0.165 e. The minimum absolute atomic E-state index is 0.126. The van der Waals surface area contributed by atoms with Gasteiger partial charge in [0, 0.05) is 16.1 Å². The van der Waals surface area contributed by atoms with Gasteiger partial charge in [-0.15, -0.1) is 0 Å². The number of ether oxygens (including phenoxy) is 2. The van der Waals surface area contributed by atoms with Crippen molar-refractivity contribution in [2.75, 3.05) is 21.3 Å². The van der Waals surface area contributed by atoms with Gasteiger partial charge in [-0.2, -0.15) is 0 Å². The normalized spacial score (nSPS) is 20.7. The Kier molecular flexibility index (Phi) is 3.60. The Balaban J connectivity index is 2.74.